The molecule has 0 radical (unpaired) electrons. The maximum Gasteiger partial charge on any atom is 0.306 e. The zero-order valence-electron chi connectivity index (χ0n) is 50.4. The smallest absolute Gasteiger partial charge is 0.306 e. The van der Waals surface area contributed by atoms with Crippen LogP contribution in [0.25, 0.3) is 0 Å². The number of unbranched alkanes of at least 4 members (excludes halogenated alkanes) is 50. The fraction of sp³-hybridized carbons (Fsp3) is 0.926. The van der Waals surface area contributed by atoms with E-state index in [2.05, 4.69) is 32.9 Å². The quantitative estimate of drug-likeness (QED) is 0.0261. The van der Waals surface area contributed by atoms with Crippen molar-refractivity contribution in [3.05, 3.63) is 12.2 Å². The Morgan fingerprint density at radius 1 is 0.257 bits per heavy atom. The first-order chi connectivity index (χ1) is 36.5. The number of hydrogen-bond acceptors (Lipinski definition) is 6. The predicted octanol–water partition coefficient (Wildman–Crippen LogP) is 22.8. The van der Waals surface area contributed by atoms with Crippen LogP contribution in [0.3, 0.4) is 0 Å². The third kappa shape index (κ3) is 61.0. The van der Waals surface area contributed by atoms with Gasteiger partial charge in [0.05, 0.1) is 0 Å². The van der Waals surface area contributed by atoms with Crippen molar-refractivity contribution in [3.8, 4) is 0 Å². The molecule has 0 aromatic heterocycles. The average Bonchev–Trinajstić information content (AvgIpc) is 3.40. The van der Waals surface area contributed by atoms with Gasteiger partial charge in [0.1, 0.15) is 13.2 Å². The summed E-state index contributed by atoms with van der Waals surface area (Å²) < 4.78 is 16.9. The van der Waals surface area contributed by atoms with E-state index in [4.69, 9.17) is 14.2 Å². The molecule has 0 aliphatic rings. The lowest BCUT2D eigenvalue weighted by molar-refractivity contribution is -0.167. The third-order valence-corrected chi connectivity index (χ3v) is 15.5. The Balaban J connectivity index is 4.02. The molecule has 0 rings (SSSR count). The summed E-state index contributed by atoms with van der Waals surface area (Å²) in [6, 6.07) is 0. The highest BCUT2D eigenvalue weighted by atomic mass is 16.6. The molecule has 74 heavy (non-hydrogen) atoms. The molecule has 0 aliphatic heterocycles. The van der Waals surface area contributed by atoms with Crippen molar-refractivity contribution >= 4 is 17.9 Å². The molecule has 0 aromatic carbocycles. The molecule has 0 aliphatic carbocycles. The Morgan fingerprint density at radius 2 is 0.446 bits per heavy atom. The lowest BCUT2D eigenvalue weighted by Crippen LogP contribution is -2.30. The first kappa shape index (κ1) is 72.2. The molecule has 0 N–H and O–H groups in total. The lowest BCUT2D eigenvalue weighted by Gasteiger charge is -2.18. The van der Waals surface area contributed by atoms with E-state index < -0.39 is 6.10 Å². The highest BCUT2D eigenvalue weighted by molar-refractivity contribution is 5.71. The first-order valence-corrected chi connectivity index (χ1v) is 33.7. The Kier molecular flexibility index (Phi) is 62.1. The van der Waals surface area contributed by atoms with Gasteiger partial charge >= 0.3 is 17.9 Å². The summed E-state index contributed by atoms with van der Waals surface area (Å²) in [7, 11) is 0. The molecule has 438 valence electrons. The second-order valence-electron chi connectivity index (χ2n) is 23.1. The van der Waals surface area contributed by atoms with Gasteiger partial charge in [-0.3, -0.25) is 14.4 Å². The van der Waals surface area contributed by atoms with E-state index in [9.17, 15) is 14.4 Å². The molecule has 0 saturated heterocycles. The molecule has 1 atom stereocenters. The van der Waals surface area contributed by atoms with Crippen LogP contribution < -0.4 is 0 Å². The Labute approximate surface area is 462 Å². The van der Waals surface area contributed by atoms with Crippen LogP contribution in [0, 0.1) is 0 Å². The Morgan fingerprint density at radius 3 is 0.676 bits per heavy atom. The molecule has 0 heterocycles. The minimum absolute atomic E-state index is 0.0651. The van der Waals surface area contributed by atoms with Crippen LogP contribution in [0.4, 0.5) is 0 Å². The van der Waals surface area contributed by atoms with Crippen LogP contribution in [0.15, 0.2) is 12.2 Å². The number of ether oxygens (including phenoxy) is 3. The van der Waals surface area contributed by atoms with Crippen molar-refractivity contribution in [3.63, 3.8) is 0 Å². The summed E-state index contributed by atoms with van der Waals surface area (Å²) in [6.45, 7) is 6.67. The number of allylic oxidation sites excluding steroid dienone is 2. The van der Waals surface area contributed by atoms with Crippen molar-refractivity contribution < 1.29 is 28.6 Å². The van der Waals surface area contributed by atoms with Crippen molar-refractivity contribution in [1.29, 1.82) is 0 Å². The van der Waals surface area contributed by atoms with Crippen LogP contribution in [0.2, 0.25) is 0 Å². The molecule has 0 amide bonds. The normalized spacial score (nSPS) is 12.0. The van der Waals surface area contributed by atoms with E-state index >= 15 is 0 Å². The van der Waals surface area contributed by atoms with Crippen molar-refractivity contribution in [2.45, 2.75) is 393 Å². The maximum absolute atomic E-state index is 12.9. The maximum atomic E-state index is 12.9. The number of esters is 3. The van der Waals surface area contributed by atoms with E-state index in [1.165, 1.54) is 289 Å². The van der Waals surface area contributed by atoms with Crippen LogP contribution in [0.1, 0.15) is 387 Å². The third-order valence-electron chi connectivity index (χ3n) is 15.5. The molecule has 0 bridgehead atoms. The number of carbonyl (C=O) groups excluding carboxylic acids is 3. The van der Waals surface area contributed by atoms with E-state index in [-0.39, 0.29) is 31.1 Å². The molecular weight excluding hydrogens is 913 g/mol. The van der Waals surface area contributed by atoms with Crippen LogP contribution in [-0.4, -0.2) is 37.2 Å². The Hall–Kier alpha value is -1.85. The highest BCUT2D eigenvalue weighted by Crippen LogP contribution is 2.19. The summed E-state index contributed by atoms with van der Waals surface area (Å²) >= 11 is 0. The van der Waals surface area contributed by atoms with Gasteiger partial charge in [0.25, 0.3) is 0 Å². The van der Waals surface area contributed by atoms with Gasteiger partial charge in [-0.2, -0.15) is 0 Å². The largest absolute Gasteiger partial charge is 0.462 e. The van der Waals surface area contributed by atoms with Gasteiger partial charge in [-0.25, -0.2) is 0 Å². The van der Waals surface area contributed by atoms with Crippen molar-refractivity contribution in [2.24, 2.45) is 0 Å². The minimum atomic E-state index is -0.765. The molecule has 1 unspecified atom stereocenters. The zero-order valence-corrected chi connectivity index (χ0v) is 50.4. The lowest BCUT2D eigenvalue weighted by atomic mass is 10.0. The van der Waals surface area contributed by atoms with E-state index in [1.807, 2.05) is 0 Å². The van der Waals surface area contributed by atoms with Crippen molar-refractivity contribution in [2.75, 3.05) is 13.2 Å². The van der Waals surface area contributed by atoms with Gasteiger partial charge in [0.2, 0.25) is 0 Å². The minimum Gasteiger partial charge on any atom is -0.462 e. The molecule has 6 nitrogen and oxygen atoms in total. The molecule has 0 aromatic rings. The van der Waals surface area contributed by atoms with Gasteiger partial charge in [-0.1, -0.05) is 335 Å². The van der Waals surface area contributed by atoms with E-state index in [1.54, 1.807) is 0 Å². The highest BCUT2D eigenvalue weighted by Gasteiger charge is 2.19. The SMILES string of the molecule is CCCCCCCCCC/C=C\CCCCCCCCCCCC(=O)OC(COC(=O)CCCCCCCCC)COC(=O)CCCCCCCCCCCCCCCCCCCCCCCCCCCCCC. The average molecular weight is 1040 g/mol. The van der Waals surface area contributed by atoms with Gasteiger partial charge in [0.15, 0.2) is 6.10 Å². The summed E-state index contributed by atoms with van der Waals surface area (Å²) in [5, 5.41) is 0. The molecule has 6 heteroatoms. The topological polar surface area (TPSA) is 78.9 Å². The second kappa shape index (κ2) is 63.7. The van der Waals surface area contributed by atoms with Crippen molar-refractivity contribution in [1.82, 2.24) is 0 Å². The number of carbonyl (C=O) groups is 3. The standard InChI is InChI=1S/C68H130O6/c1-4-7-10-13-16-18-20-22-24-26-28-30-31-32-33-34-35-36-38-39-41-43-45-47-49-52-55-58-61-67(70)73-64-65(63-72-66(69)60-57-54-51-15-12-9-6-3)74-68(71)62-59-56-53-50-48-46-44-42-40-37-29-27-25-23-21-19-17-14-11-8-5-2/h27,29,65H,4-26,28,30-64H2,1-3H3/b29-27-. The van der Waals surface area contributed by atoms with Crippen LogP contribution in [0.5, 0.6) is 0 Å². The van der Waals surface area contributed by atoms with Crippen LogP contribution >= 0.6 is 0 Å². The summed E-state index contributed by atoms with van der Waals surface area (Å²) in [5.74, 6) is -0.846. The van der Waals surface area contributed by atoms with Crippen LogP contribution in [-0.2, 0) is 28.6 Å². The van der Waals surface area contributed by atoms with Gasteiger partial charge in [0, 0.05) is 19.3 Å². The van der Waals surface area contributed by atoms with E-state index in [0.29, 0.717) is 19.3 Å². The summed E-state index contributed by atoms with van der Waals surface area (Å²) in [4.78, 5) is 38.1. The Bertz CT molecular complexity index is 1150. The fourth-order valence-corrected chi connectivity index (χ4v) is 10.4. The summed E-state index contributed by atoms with van der Waals surface area (Å²) in [6.07, 6.45) is 75.5. The zero-order chi connectivity index (χ0) is 53.6. The van der Waals surface area contributed by atoms with Gasteiger partial charge < -0.3 is 14.2 Å². The molecular formula is C68H130O6. The fourth-order valence-electron chi connectivity index (χ4n) is 10.4. The molecule has 0 spiro atoms. The molecule has 0 fully saturated rings. The summed E-state index contributed by atoms with van der Waals surface area (Å²) in [5.41, 5.74) is 0. The monoisotopic (exact) mass is 1040 g/mol. The number of rotatable bonds is 63. The predicted molar refractivity (Wildman–Crippen MR) is 321 cm³/mol. The van der Waals surface area contributed by atoms with E-state index in [0.717, 1.165) is 57.8 Å². The van der Waals surface area contributed by atoms with Gasteiger partial charge in [-0.15, -0.1) is 0 Å². The number of hydrogen-bond donors (Lipinski definition) is 0. The second-order valence-corrected chi connectivity index (χ2v) is 23.1. The van der Waals surface area contributed by atoms with Gasteiger partial charge in [-0.05, 0) is 44.9 Å². The first-order valence-electron chi connectivity index (χ1n) is 33.7. The molecule has 0 saturated carbocycles.